The number of allylic oxidation sites excluding steroid dienone is 1. The number of amides is 3. The molecule has 1 aromatic heterocycles. The number of rotatable bonds is 10. The Morgan fingerprint density at radius 2 is 1.62 bits per heavy atom. The minimum Gasteiger partial charge on any atom is -0.483 e. The Bertz CT molecular complexity index is 2090. The molecule has 1 aromatic carbocycles. The van der Waals surface area contributed by atoms with E-state index in [2.05, 4.69) is 27.1 Å². The van der Waals surface area contributed by atoms with Crippen LogP contribution in [0.1, 0.15) is 147 Å². The molecule has 1 saturated heterocycles. The van der Waals surface area contributed by atoms with Gasteiger partial charge in [-0.15, -0.1) is 0 Å². The van der Waals surface area contributed by atoms with E-state index in [9.17, 15) is 13.2 Å². The molecule has 4 saturated carbocycles. The van der Waals surface area contributed by atoms with E-state index < -0.39 is 43.8 Å². The van der Waals surface area contributed by atoms with Crippen molar-refractivity contribution in [1.82, 2.24) is 24.8 Å². The number of aromatic nitrogens is 1. The highest BCUT2D eigenvalue weighted by Crippen LogP contribution is 2.49. The first-order valence-corrected chi connectivity index (χ1v) is 25.0. The Morgan fingerprint density at radius 1 is 0.933 bits per heavy atom. The molecule has 9 rings (SSSR count). The zero-order valence-corrected chi connectivity index (χ0v) is 36.8. The van der Waals surface area contributed by atoms with Gasteiger partial charge in [-0.25, -0.2) is 13.4 Å². The van der Waals surface area contributed by atoms with Crippen LogP contribution in [0.2, 0.25) is 0 Å². The zero-order chi connectivity index (χ0) is 41.7. The molecule has 326 valence electrons. The van der Waals surface area contributed by atoms with Gasteiger partial charge in [0.2, 0.25) is 21.8 Å². The fourth-order valence-electron chi connectivity index (χ4n) is 11.5. The molecule has 2 aromatic rings. The van der Waals surface area contributed by atoms with E-state index in [0.29, 0.717) is 37.5 Å². The Labute approximate surface area is 357 Å². The maximum Gasteiger partial charge on any atom is 0.259 e. The lowest BCUT2D eigenvalue weighted by Crippen LogP contribution is -2.58. The van der Waals surface area contributed by atoms with Gasteiger partial charge < -0.3 is 15.0 Å². The number of nitrogens with zero attached hydrogens (tertiary/aromatic N) is 3. The molecule has 12 heteroatoms. The quantitative estimate of drug-likeness (QED) is 0.236. The van der Waals surface area contributed by atoms with Gasteiger partial charge in [-0.1, -0.05) is 94.6 Å². The summed E-state index contributed by atoms with van der Waals surface area (Å²) in [5.74, 6) is 0.664. The Hall–Kier alpha value is -3.51. The molecular formula is C48H67N5O6S. The normalized spacial score (nSPS) is 31.5. The van der Waals surface area contributed by atoms with Crippen molar-refractivity contribution in [3.8, 4) is 5.75 Å². The Balaban J connectivity index is 1.06. The van der Waals surface area contributed by atoms with E-state index in [-0.39, 0.29) is 30.8 Å². The number of hydrogen-bond acceptors (Lipinski definition) is 8. The number of nitrogens with one attached hydrogen (secondary N) is 2. The van der Waals surface area contributed by atoms with Crippen molar-refractivity contribution in [1.29, 1.82) is 0 Å². The largest absolute Gasteiger partial charge is 0.483 e. The van der Waals surface area contributed by atoms with Crippen molar-refractivity contribution in [2.45, 2.75) is 177 Å². The van der Waals surface area contributed by atoms with E-state index in [0.717, 1.165) is 92.4 Å². The first kappa shape index (κ1) is 41.8. The van der Waals surface area contributed by atoms with Crippen LogP contribution in [-0.2, 0) is 30.8 Å². The molecule has 0 radical (unpaired) electrons. The molecule has 0 unspecified atom stereocenters. The predicted octanol–water partition coefficient (Wildman–Crippen LogP) is 7.43. The minimum atomic E-state index is -3.94. The first-order valence-electron chi connectivity index (χ1n) is 23.6. The Kier molecular flexibility index (Phi) is 11.6. The fraction of sp³-hybridized carbons (Fsp3) is 0.708. The number of pyridine rings is 1. The number of aryl methyl sites for hydroxylation is 2. The number of carbonyl (C=O) groups is 3. The summed E-state index contributed by atoms with van der Waals surface area (Å²) in [7, 11) is -3.94. The van der Waals surface area contributed by atoms with Crippen LogP contribution in [0.15, 0.2) is 36.4 Å². The second-order valence-corrected chi connectivity index (χ2v) is 22.3. The van der Waals surface area contributed by atoms with E-state index in [1.54, 1.807) is 6.92 Å². The molecule has 4 aliphatic carbocycles. The van der Waals surface area contributed by atoms with Gasteiger partial charge in [0.15, 0.2) is 0 Å². The van der Waals surface area contributed by atoms with Crippen LogP contribution in [-0.4, -0.2) is 88.5 Å². The van der Waals surface area contributed by atoms with Crippen LogP contribution in [0, 0.1) is 24.7 Å². The number of hydrogen-bond donors (Lipinski definition) is 2. The van der Waals surface area contributed by atoms with Crippen molar-refractivity contribution >= 4 is 38.6 Å². The van der Waals surface area contributed by atoms with Crippen molar-refractivity contribution in [3.05, 3.63) is 47.7 Å². The molecule has 5 atom stereocenters. The average molecular weight is 842 g/mol. The average Bonchev–Trinajstić information content (AvgIpc) is 3.82. The lowest BCUT2D eigenvalue weighted by atomic mass is 9.87. The third kappa shape index (κ3) is 8.25. The highest BCUT2D eigenvalue weighted by molar-refractivity contribution is 7.91. The number of ether oxygens (including phenoxy) is 1. The first-order chi connectivity index (χ1) is 28.9. The summed E-state index contributed by atoms with van der Waals surface area (Å²) in [6, 6.07) is 6.87. The highest BCUT2D eigenvalue weighted by Gasteiger charge is 2.64. The maximum absolute atomic E-state index is 15.6. The van der Waals surface area contributed by atoms with E-state index in [1.165, 1.54) is 51.4 Å². The summed E-state index contributed by atoms with van der Waals surface area (Å²) in [6.07, 6.45) is 23.8. The number of sulfonamides is 1. The van der Waals surface area contributed by atoms with E-state index in [1.807, 2.05) is 36.1 Å². The molecule has 5 fully saturated rings. The van der Waals surface area contributed by atoms with Gasteiger partial charge in [0.25, 0.3) is 5.91 Å². The van der Waals surface area contributed by atoms with Crippen molar-refractivity contribution < 1.29 is 27.5 Å². The topological polar surface area (TPSA) is 138 Å². The van der Waals surface area contributed by atoms with Gasteiger partial charge >= 0.3 is 0 Å². The lowest BCUT2D eigenvalue weighted by Gasteiger charge is -2.38. The van der Waals surface area contributed by atoms with Gasteiger partial charge in [-0.2, -0.15) is 0 Å². The standard InChI is InChI=1S/C48H67N5O6S/c1-33-42-38(37-19-12-13-20-39(37)49-33)22-25-47(59-42)31-41-43(54)50-48(45(56)51-60(57,58)46(2)26-27-46)30-36(48)18-6-4-3-5-7-21-40(44(55)53(41)32-47)52(28-23-34-14-8-9-15-34)29-24-35-16-10-11-17-35/h6,12-13,18-20,34-36,40-41H,3-5,7-11,14-17,21-32H2,1-2H3,(H,50,54)(H,51,56)/b18-6-/t36-,40+,41+,47-,48-/m1/s1. The molecule has 60 heavy (non-hydrogen) atoms. The van der Waals surface area contributed by atoms with Crippen LogP contribution >= 0.6 is 0 Å². The van der Waals surface area contributed by atoms with Gasteiger partial charge in [0, 0.05) is 23.3 Å². The van der Waals surface area contributed by atoms with Crippen molar-refractivity contribution in [3.63, 3.8) is 0 Å². The Morgan fingerprint density at radius 3 is 2.32 bits per heavy atom. The summed E-state index contributed by atoms with van der Waals surface area (Å²) >= 11 is 0. The SMILES string of the molecule is Cc1nc2ccccc2c2c1O[C@]1(CC2)C[C@H]2C(=O)N[C@]3(C(=O)NS(=O)(=O)C4(C)CC4)C[C@H]3/C=C\CCCCC[C@H](N(CCC3CCCC3)CCC3CCCC3)C(=O)N2C1. The molecular weight excluding hydrogens is 775 g/mol. The molecule has 7 aliphatic rings. The van der Waals surface area contributed by atoms with Crippen LogP contribution in [0.3, 0.4) is 0 Å². The third-order valence-electron chi connectivity index (χ3n) is 15.9. The van der Waals surface area contributed by atoms with E-state index in [4.69, 9.17) is 9.72 Å². The second-order valence-electron chi connectivity index (χ2n) is 20.1. The highest BCUT2D eigenvalue weighted by atomic mass is 32.2. The molecule has 4 heterocycles. The number of para-hydroxylation sites is 1. The van der Waals surface area contributed by atoms with Gasteiger partial charge in [-0.05, 0) is 109 Å². The molecule has 2 N–H and O–H groups in total. The maximum atomic E-state index is 15.6. The van der Waals surface area contributed by atoms with Crippen molar-refractivity contribution in [2.24, 2.45) is 17.8 Å². The number of benzene rings is 1. The summed E-state index contributed by atoms with van der Waals surface area (Å²) in [5.41, 5.74) is 0.593. The smallest absolute Gasteiger partial charge is 0.259 e. The third-order valence-corrected chi connectivity index (χ3v) is 18.1. The second kappa shape index (κ2) is 16.6. The predicted molar refractivity (Wildman–Crippen MR) is 233 cm³/mol. The van der Waals surface area contributed by atoms with Crippen molar-refractivity contribution in [2.75, 3.05) is 19.6 Å². The summed E-state index contributed by atoms with van der Waals surface area (Å²) in [4.78, 5) is 54.1. The van der Waals surface area contributed by atoms with Crippen LogP contribution in [0.4, 0.5) is 0 Å². The van der Waals surface area contributed by atoms with Crippen LogP contribution in [0.25, 0.3) is 10.9 Å². The summed E-state index contributed by atoms with van der Waals surface area (Å²) < 4.78 is 35.3. The number of carbonyl (C=O) groups excluding carboxylic acids is 3. The molecule has 3 aliphatic heterocycles. The molecule has 1 spiro atoms. The fourth-order valence-corrected chi connectivity index (χ4v) is 12.9. The van der Waals surface area contributed by atoms with E-state index >= 15 is 9.59 Å². The zero-order valence-electron chi connectivity index (χ0n) is 36.0. The molecule has 11 nitrogen and oxygen atoms in total. The van der Waals surface area contributed by atoms with Gasteiger partial charge in [0.05, 0.1) is 28.5 Å². The molecule has 0 bridgehead atoms. The van der Waals surface area contributed by atoms with Crippen LogP contribution in [0.5, 0.6) is 5.75 Å². The summed E-state index contributed by atoms with van der Waals surface area (Å²) in [6.45, 7) is 5.66. The minimum absolute atomic E-state index is 0.0179. The number of fused-ring (bicyclic) bond motifs is 5. The van der Waals surface area contributed by atoms with Gasteiger partial charge in [0.1, 0.15) is 22.9 Å². The van der Waals surface area contributed by atoms with Gasteiger partial charge in [-0.3, -0.25) is 24.0 Å². The molecule has 3 amide bonds. The summed E-state index contributed by atoms with van der Waals surface area (Å²) in [5, 5.41) is 4.19. The lowest BCUT2D eigenvalue weighted by molar-refractivity contribution is -0.144. The monoisotopic (exact) mass is 841 g/mol. The van der Waals surface area contributed by atoms with Crippen LogP contribution < -0.4 is 14.8 Å².